The lowest BCUT2D eigenvalue weighted by Crippen LogP contribution is -1.98. The Bertz CT molecular complexity index is 346. The molecular formula is C13H13O+. The summed E-state index contributed by atoms with van der Waals surface area (Å²) in [5, 5.41) is 9.99. The van der Waals surface area contributed by atoms with Crippen molar-refractivity contribution >= 4 is 0 Å². The Kier molecular flexibility index (Phi) is 2.61. The zero-order valence-corrected chi connectivity index (χ0v) is 7.80. The molecule has 0 aliphatic carbocycles. The highest BCUT2D eigenvalue weighted by Gasteiger charge is 2.07. The van der Waals surface area contributed by atoms with Gasteiger partial charge in [0.1, 0.15) is 6.10 Å². The third-order valence-electron chi connectivity index (χ3n) is 2.23. The Balaban J connectivity index is 0.00000112. The summed E-state index contributed by atoms with van der Waals surface area (Å²) in [5.74, 6) is 0. The SMILES string of the molecule is OC(c1ccccc1)c1ccccc1.[H+]. The summed E-state index contributed by atoms with van der Waals surface area (Å²) in [4.78, 5) is 0. The zero-order valence-electron chi connectivity index (χ0n) is 8.80. The minimum atomic E-state index is -0.516. The van der Waals surface area contributed by atoms with Gasteiger partial charge in [-0.1, -0.05) is 60.7 Å². The maximum atomic E-state index is 9.99. The van der Waals surface area contributed by atoms with Crippen LogP contribution in [0.5, 0.6) is 0 Å². The molecule has 0 aromatic heterocycles. The normalized spacial score (nSPS) is 10.4. The molecule has 1 heteroatoms. The van der Waals surface area contributed by atoms with E-state index >= 15 is 0 Å². The van der Waals surface area contributed by atoms with Crippen molar-refractivity contribution in [3.8, 4) is 0 Å². The van der Waals surface area contributed by atoms with E-state index in [2.05, 4.69) is 0 Å². The van der Waals surface area contributed by atoms with Crippen LogP contribution in [-0.2, 0) is 0 Å². The highest BCUT2D eigenvalue weighted by atomic mass is 16.3. The molecule has 14 heavy (non-hydrogen) atoms. The first-order chi connectivity index (χ1) is 6.88. The van der Waals surface area contributed by atoms with Gasteiger partial charge in [-0.15, -0.1) is 0 Å². The van der Waals surface area contributed by atoms with Crippen molar-refractivity contribution in [1.82, 2.24) is 0 Å². The third-order valence-corrected chi connectivity index (χ3v) is 2.23. The van der Waals surface area contributed by atoms with Crippen LogP contribution in [0.3, 0.4) is 0 Å². The first kappa shape index (κ1) is 8.97. The van der Waals surface area contributed by atoms with Crippen LogP contribution >= 0.6 is 0 Å². The Labute approximate surface area is 85.1 Å². The molecule has 2 aromatic carbocycles. The second kappa shape index (κ2) is 4.07. The van der Waals surface area contributed by atoms with Crippen LogP contribution in [0.4, 0.5) is 0 Å². The molecule has 0 heterocycles. The third kappa shape index (κ3) is 1.83. The van der Waals surface area contributed by atoms with E-state index in [0.717, 1.165) is 11.1 Å². The van der Waals surface area contributed by atoms with E-state index in [-0.39, 0.29) is 1.43 Å². The highest BCUT2D eigenvalue weighted by Crippen LogP contribution is 2.20. The number of aliphatic hydroxyl groups excluding tert-OH is 1. The molecule has 1 nitrogen and oxygen atoms in total. The second-order valence-corrected chi connectivity index (χ2v) is 3.22. The van der Waals surface area contributed by atoms with Crippen molar-refractivity contribution < 1.29 is 6.53 Å². The van der Waals surface area contributed by atoms with Crippen LogP contribution in [0.25, 0.3) is 0 Å². The number of benzene rings is 2. The van der Waals surface area contributed by atoms with Gasteiger partial charge in [0.15, 0.2) is 0 Å². The van der Waals surface area contributed by atoms with E-state index in [9.17, 15) is 5.11 Å². The topological polar surface area (TPSA) is 20.2 Å². The molecule has 2 rings (SSSR count). The van der Waals surface area contributed by atoms with Gasteiger partial charge in [0.25, 0.3) is 0 Å². The molecular weight excluding hydrogens is 172 g/mol. The minimum Gasteiger partial charge on any atom is -0.384 e. The van der Waals surface area contributed by atoms with Crippen molar-refractivity contribution in [2.75, 3.05) is 0 Å². The van der Waals surface area contributed by atoms with Gasteiger partial charge in [0.2, 0.25) is 0 Å². The van der Waals surface area contributed by atoms with Crippen LogP contribution in [0.2, 0.25) is 0 Å². The predicted octanol–water partition coefficient (Wildman–Crippen LogP) is 2.88. The lowest BCUT2D eigenvalue weighted by molar-refractivity contribution is 0.220. The molecule has 0 saturated carbocycles. The smallest absolute Gasteiger partial charge is 0.384 e. The van der Waals surface area contributed by atoms with Crippen LogP contribution in [0.1, 0.15) is 18.7 Å². The van der Waals surface area contributed by atoms with Gasteiger partial charge >= 0.3 is 1.43 Å². The fourth-order valence-corrected chi connectivity index (χ4v) is 1.46. The number of aliphatic hydroxyl groups is 1. The van der Waals surface area contributed by atoms with E-state index < -0.39 is 6.10 Å². The summed E-state index contributed by atoms with van der Waals surface area (Å²) in [6.07, 6.45) is -0.516. The fraction of sp³-hybridized carbons (Fsp3) is 0.0769. The van der Waals surface area contributed by atoms with Gasteiger partial charge in [-0.05, 0) is 11.1 Å². The average Bonchev–Trinajstić information content (AvgIpc) is 2.30. The summed E-state index contributed by atoms with van der Waals surface area (Å²) >= 11 is 0. The molecule has 0 unspecified atom stereocenters. The molecule has 2 aromatic rings. The van der Waals surface area contributed by atoms with E-state index in [0.29, 0.717) is 0 Å². The lowest BCUT2D eigenvalue weighted by atomic mass is 10.0. The van der Waals surface area contributed by atoms with Crippen molar-refractivity contribution in [3.05, 3.63) is 71.8 Å². The van der Waals surface area contributed by atoms with E-state index in [4.69, 9.17) is 0 Å². The monoisotopic (exact) mass is 185 g/mol. The quantitative estimate of drug-likeness (QED) is 0.762. The van der Waals surface area contributed by atoms with Crippen LogP contribution in [0.15, 0.2) is 60.7 Å². The van der Waals surface area contributed by atoms with E-state index in [1.54, 1.807) is 0 Å². The first-order valence-corrected chi connectivity index (χ1v) is 4.66. The zero-order chi connectivity index (χ0) is 9.80. The lowest BCUT2D eigenvalue weighted by Gasteiger charge is -2.10. The van der Waals surface area contributed by atoms with Crippen molar-refractivity contribution in [2.45, 2.75) is 6.10 Å². The standard InChI is InChI=1S/C13H12O/c14-13(11-7-3-1-4-8-11)12-9-5-2-6-10-12/h1-10,13-14H/p+1. The maximum absolute atomic E-state index is 9.99. The molecule has 0 bridgehead atoms. The molecule has 0 aliphatic rings. The van der Waals surface area contributed by atoms with Gasteiger partial charge in [0, 0.05) is 0 Å². The van der Waals surface area contributed by atoms with Gasteiger partial charge in [-0.25, -0.2) is 0 Å². The van der Waals surface area contributed by atoms with Gasteiger partial charge < -0.3 is 5.11 Å². The van der Waals surface area contributed by atoms with Crippen LogP contribution in [0, 0.1) is 0 Å². The van der Waals surface area contributed by atoms with Crippen molar-refractivity contribution in [1.29, 1.82) is 0 Å². The molecule has 0 spiro atoms. The summed E-state index contributed by atoms with van der Waals surface area (Å²) < 4.78 is 0. The Morgan fingerprint density at radius 1 is 0.714 bits per heavy atom. The van der Waals surface area contributed by atoms with Crippen LogP contribution < -0.4 is 0 Å². The van der Waals surface area contributed by atoms with Crippen molar-refractivity contribution in [2.24, 2.45) is 0 Å². The molecule has 0 fully saturated rings. The van der Waals surface area contributed by atoms with Gasteiger partial charge in [0.05, 0.1) is 0 Å². The molecule has 0 atom stereocenters. The molecule has 0 radical (unpaired) electrons. The molecule has 0 saturated heterocycles. The predicted molar refractivity (Wildman–Crippen MR) is 58.1 cm³/mol. The average molecular weight is 185 g/mol. The van der Waals surface area contributed by atoms with Gasteiger partial charge in [-0.3, -0.25) is 0 Å². The van der Waals surface area contributed by atoms with E-state index in [1.807, 2.05) is 60.7 Å². The second-order valence-electron chi connectivity index (χ2n) is 3.22. The number of hydrogen-bond acceptors (Lipinski definition) is 1. The Hall–Kier alpha value is -1.60. The minimum absolute atomic E-state index is 0. The largest absolute Gasteiger partial charge is 1.00 e. The fourth-order valence-electron chi connectivity index (χ4n) is 1.46. The van der Waals surface area contributed by atoms with Crippen LogP contribution in [-0.4, -0.2) is 5.11 Å². The number of hydrogen-bond donors (Lipinski definition) is 1. The molecule has 1 N–H and O–H groups in total. The Morgan fingerprint density at radius 2 is 1.07 bits per heavy atom. The Morgan fingerprint density at radius 3 is 1.43 bits per heavy atom. The van der Waals surface area contributed by atoms with Crippen molar-refractivity contribution in [3.63, 3.8) is 0 Å². The molecule has 0 amide bonds. The first-order valence-electron chi connectivity index (χ1n) is 4.66. The number of rotatable bonds is 2. The summed E-state index contributed by atoms with van der Waals surface area (Å²) in [6, 6.07) is 19.3. The summed E-state index contributed by atoms with van der Waals surface area (Å²) in [5.41, 5.74) is 1.86. The maximum Gasteiger partial charge on any atom is 1.00 e. The summed E-state index contributed by atoms with van der Waals surface area (Å²) in [6.45, 7) is 0. The molecule has 70 valence electrons. The van der Waals surface area contributed by atoms with E-state index in [1.165, 1.54) is 0 Å². The molecule has 0 aliphatic heterocycles. The van der Waals surface area contributed by atoms with Gasteiger partial charge in [-0.2, -0.15) is 0 Å². The highest BCUT2D eigenvalue weighted by molar-refractivity contribution is 5.29. The summed E-state index contributed by atoms with van der Waals surface area (Å²) in [7, 11) is 0.